The topological polar surface area (TPSA) is 66.4 Å². The Morgan fingerprint density at radius 3 is 1.93 bits per heavy atom. The third-order valence-corrected chi connectivity index (χ3v) is 5.97. The Hall–Kier alpha value is -3.40. The van der Waals surface area contributed by atoms with E-state index in [4.69, 9.17) is 5.11 Å². The van der Waals surface area contributed by atoms with Crippen LogP contribution in [0.4, 0.5) is 5.69 Å². The van der Waals surface area contributed by atoms with Gasteiger partial charge in [0.1, 0.15) is 0 Å². The molecule has 3 aromatic carbocycles. The van der Waals surface area contributed by atoms with E-state index in [0.29, 0.717) is 11.5 Å². The molecule has 4 rings (SSSR count). The molecule has 0 aromatic heterocycles. The first-order chi connectivity index (χ1) is 14.6. The third-order valence-electron chi connectivity index (χ3n) is 5.97. The Morgan fingerprint density at radius 1 is 0.733 bits per heavy atom. The number of anilines is 1. The molecule has 0 saturated heterocycles. The summed E-state index contributed by atoms with van der Waals surface area (Å²) in [6.07, 6.45) is 3.27. The highest BCUT2D eigenvalue weighted by molar-refractivity contribution is 6.04. The van der Waals surface area contributed by atoms with E-state index in [2.05, 4.69) is 5.32 Å². The molecule has 1 fully saturated rings. The normalized spacial score (nSPS) is 18.5. The number of amides is 1. The zero-order valence-corrected chi connectivity index (χ0v) is 16.8. The SMILES string of the molecule is O=C(Nc1ccc(C2CCC(C(=O)O)CC2)cc1)c1ccc(-c2ccccc2)cc1. The number of carbonyl (C=O) groups excluding carboxylic acids is 1. The summed E-state index contributed by atoms with van der Waals surface area (Å²) in [6, 6.07) is 25.6. The van der Waals surface area contributed by atoms with Gasteiger partial charge in [0.25, 0.3) is 5.91 Å². The van der Waals surface area contributed by atoms with Crippen LogP contribution in [0.2, 0.25) is 0 Å². The maximum Gasteiger partial charge on any atom is 0.306 e. The van der Waals surface area contributed by atoms with Crippen molar-refractivity contribution in [1.29, 1.82) is 0 Å². The quantitative estimate of drug-likeness (QED) is 0.556. The molecule has 0 bridgehead atoms. The Balaban J connectivity index is 1.36. The molecule has 1 aliphatic carbocycles. The summed E-state index contributed by atoms with van der Waals surface area (Å²) in [5.74, 6) is -0.614. The first-order valence-electron chi connectivity index (χ1n) is 10.4. The van der Waals surface area contributed by atoms with E-state index in [1.807, 2.05) is 78.9 Å². The summed E-state index contributed by atoms with van der Waals surface area (Å²) in [4.78, 5) is 23.7. The smallest absolute Gasteiger partial charge is 0.306 e. The van der Waals surface area contributed by atoms with E-state index in [0.717, 1.165) is 42.5 Å². The van der Waals surface area contributed by atoms with Gasteiger partial charge >= 0.3 is 5.97 Å². The van der Waals surface area contributed by atoms with Crippen LogP contribution in [-0.2, 0) is 4.79 Å². The van der Waals surface area contributed by atoms with E-state index >= 15 is 0 Å². The number of carbonyl (C=O) groups is 2. The highest BCUT2D eigenvalue weighted by Crippen LogP contribution is 2.36. The molecule has 0 atom stereocenters. The van der Waals surface area contributed by atoms with Crippen LogP contribution >= 0.6 is 0 Å². The maximum absolute atomic E-state index is 12.6. The molecule has 0 radical (unpaired) electrons. The minimum Gasteiger partial charge on any atom is -0.481 e. The number of hydrogen-bond acceptors (Lipinski definition) is 2. The highest BCUT2D eigenvalue weighted by atomic mass is 16.4. The summed E-state index contributed by atoms with van der Waals surface area (Å²) < 4.78 is 0. The van der Waals surface area contributed by atoms with Gasteiger partial charge in [-0.2, -0.15) is 0 Å². The van der Waals surface area contributed by atoms with Crippen molar-refractivity contribution in [3.05, 3.63) is 90.0 Å². The Morgan fingerprint density at radius 2 is 1.33 bits per heavy atom. The maximum atomic E-state index is 12.6. The van der Waals surface area contributed by atoms with E-state index < -0.39 is 5.97 Å². The lowest BCUT2D eigenvalue weighted by atomic mass is 9.79. The number of hydrogen-bond donors (Lipinski definition) is 2. The number of benzene rings is 3. The van der Waals surface area contributed by atoms with Crippen LogP contribution in [0, 0.1) is 5.92 Å². The second kappa shape index (κ2) is 8.95. The monoisotopic (exact) mass is 399 g/mol. The predicted octanol–water partition coefficient (Wildman–Crippen LogP) is 5.96. The summed E-state index contributed by atoms with van der Waals surface area (Å²) in [6.45, 7) is 0. The predicted molar refractivity (Wildman–Crippen MR) is 119 cm³/mol. The number of nitrogens with one attached hydrogen (secondary N) is 1. The van der Waals surface area contributed by atoms with Crippen molar-refractivity contribution in [3.8, 4) is 11.1 Å². The molecule has 1 amide bonds. The minimum absolute atomic E-state index is 0.135. The standard InChI is InChI=1S/C26H25NO3/c28-25(22-10-6-19(7-11-22)18-4-2-1-3-5-18)27-24-16-14-21(15-17-24)20-8-12-23(13-9-20)26(29)30/h1-7,10-11,14-17,20,23H,8-9,12-13H2,(H,27,28)(H,29,30). The lowest BCUT2D eigenvalue weighted by Gasteiger charge is -2.26. The van der Waals surface area contributed by atoms with Crippen LogP contribution < -0.4 is 5.32 Å². The molecule has 152 valence electrons. The van der Waals surface area contributed by atoms with Gasteiger partial charge in [0.05, 0.1) is 5.92 Å². The fraction of sp³-hybridized carbons (Fsp3) is 0.231. The molecule has 1 aliphatic rings. The fourth-order valence-electron chi connectivity index (χ4n) is 4.16. The van der Waals surface area contributed by atoms with Gasteiger partial charge in [-0.25, -0.2) is 0 Å². The van der Waals surface area contributed by atoms with Gasteiger partial charge in [-0.05, 0) is 72.6 Å². The van der Waals surface area contributed by atoms with Crippen LogP contribution in [0.5, 0.6) is 0 Å². The average molecular weight is 399 g/mol. The fourth-order valence-corrected chi connectivity index (χ4v) is 4.16. The largest absolute Gasteiger partial charge is 0.481 e. The van der Waals surface area contributed by atoms with Gasteiger partial charge in [0.15, 0.2) is 0 Å². The van der Waals surface area contributed by atoms with Crippen LogP contribution in [0.15, 0.2) is 78.9 Å². The molecular weight excluding hydrogens is 374 g/mol. The van der Waals surface area contributed by atoms with Crippen LogP contribution in [-0.4, -0.2) is 17.0 Å². The molecular formula is C26H25NO3. The Labute approximate surface area is 176 Å². The molecule has 0 aliphatic heterocycles. The molecule has 30 heavy (non-hydrogen) atoms. The molecule has 0 spiro atoms. The van der Waals surface area contributed by atoms with Gasteiger partial charge < -0.3 is 10.4 Å². The number of rotatable bonds is 5. The van der Waals surface area contributed by atoms with E-state index in [-0.39, 0.29) is 11.8 Å². The molecule has 2 N–H and O–H groups in total. The molecule has 4 heteroatoms. The molecule has 0 heterocycles. The van der Waals surface area contributed by atoms with Gasteiger partial charge in [0, 0.05) is 11.3 Å². The zero-order valence-electron chi connectivity index (χ0n) is 16.8. The van der Waals surface area contributed by atoms with E-state index in [9.17, 15) is 9.59 Å². The van der Waals surface area contributed by atoms with Crippen molar-refractivity contribution >= 4 is 17.6 Å². The van der Waals surface area contributed by atoms with E-state index in [1.54, 1.807) is 0 Å². The van der Waals surface area contributed by atoms with Crippen molar-refractivity contribution < 1.29 is 14.7 Å². The van der Waals surface area contributed by atoms with Crippen molar-refractivity contribution in [2.45, 2.75) is 31.6 Å². The number of aliphatic carboxylic acids is 1. The summed E-state index contributed by atoms with van der Waals surface area (Å²) in [7, 11) is 0. The summed E-state index contributed by atoms with van der Waals surface area (Å²) >= 11 is 0. The van der Waals surface area contributed by atoms with Crippen molar-refractivity contribution in [1.82, 2.24) is 0 Å². The van der Waals surface area contributed by atoms with Crippen molar-refractivity contribution in [2.75, 3.05) is 5.32 Å². The van der Waals surface area contributed by atoms with Crippen LogP contribution in [0.25, 0.3) is 11.1 Å². The Bertz CT molecular complexity index is 1000. The highest BCUT2D eigenvalue weighted by Gasteiger charge is 2.26. The second-order valence-corrected chi connectivity index (χ2v) is 7.91. The van der Waals surface area contributed by atoms with Crippen molar-refractivity contribution in [3.63, 3.8) is 0 Å². The lowest BCUT2D eigenvalue weighted by molar-refractivity contribution is -0.142. The van der Waals surface area contributed by atoms with E-state index in [1.165, 1.54) is 5.56 Å². The van der Waals surface area contributed by atoms with Gasteiger partial charge in [-0.1, -0.05) is 54.6 Å². The molecule has 0 unspecified atom stereocenters. The van der Waals surface area contributed by atoms with Gasteiger partial charge in [-0.15, -0.1) is 0 Å². The molecule has 4 nitrogen and oxygen atoms in total. The average Bonchev–Trinajstić information content (AvgIpc) is 2.80. The second-order valence-electron chi connectivity index (χ2n) is 7.91. The first-order valence-corrected chi connectivity index (χ1v) is 10.4. The summed E-state index contributed by atoms with van der Waals surface area (Å²) in [5.41, 5.74) is 4.79. The molecule has 3 aromatic rings. The zero-order chi connectivity index (χ0) is 20.9. The Kier molecular flexibility index (Phi) is 5.94. The first kappa shape index (κ1) is 19.9. The number of carboxylic acid groups (broad SMARTS) is 1. The van der Waals surface area contributed by atoms with Crippen LogP contribution in [0.1, 0.15) is 47.5 Å². The minimum atomic E-state index is -0.677. The third kappa shape index (κ3) is 4.60. The van der Waals surface area contributed by atoms with Gasteiger partial charge in [0.2, 0.25) is 0 Å². The summed E-state index contributed by atoms with van der Waals surface area (Å²) in [5, 5.41) is 12.1. The van der Waals surface area contributed by atoms with Crippen molar-refractivity contribution in [2.24, 2.45) is 5.92 Å². The van der Waals surface area contributed by atoms with Gasteiger partial charge in [-0.3, -0.25) is 9.59 Å². The lowest BCUT2D eigenvalue weighted by Crippen LogP contribution is -2.20. The van der Waals surface area contributed by atoms with Crippen LogP contribution in [0.3, 0.4) is 0 Å². The number of carboxylic acids is 1. The molecule has 1 saturated carbocycles.